The van der Waals surface area contributed by atoms with Gasteiger partial charge in [0.25, 0.3) is 0 Å². The minimum atomic E-state index is 0.113. The summed E-state index contributed by atoms with van der Waals surface area (Å²) in [6, 6.07) is 7.85. The molecule has 0 saturated carbocycles. The highest BCUT2D eigenvalue weighted by Gasteiger charge is 2.16. The molecule has 1 aromatic heterocycles. The van der Waals surface area contributed by atoms with Crippen molar-refractivity contribution in [3.05, 3.63) is 35.6 Å². The smallest absolute Gasteiger partial charge is 0.198 e. The lowest BCUT2D eigenvalue weighted by Gasteiger charge is -2.11. The van der Waals surface area contributed by atoms with E-state index in [4.69, 9.17) is 4.42 Å². The van der Waals surface area contributed by atoms with Crippen LogP contribution in [0.2, 0.25) is 0 Å². The molecule has 0 aliphatic heterocycles. The largest absolute Gasteiger partial charge is 0.453 e. The van der Waals surface area contributed by atoms with Crippen LogP contribution in [-0.4, -0.2) is 5.78 Å². The van der Waals surface area contributed by atoms with Crippen molar-refractivity contribution < 1.29 is 9.21 Å². The summed E-state index contributed by atoms with van der Waals surface area (Å²) in [5.41, 5.74) is 1.98. The van der Waals surface area contributed by atoms with Crippen LogP contribution in [0.1, 0.15) is 49.7 Å². The lowest BCUT2D eigenvalue weighted by Crippen LogP contribution is -2.07. The van der Waals surface area contributed by atoms with Gasteiger partial charge in [-0.15, -0.1) is 0 Å². The Morgan fingerprint density at radius 3 is 2.63 bits per heavy atom. The SMILES string of the molecule is Cc1ccc2oc(C(=O)CC(C)CC(C)C)cc2c1. The third-order valence-electron chi connectivity index (χ3n) is 3.35. The number of carbonyl (C=O) groups excluding carboxylic acids is 1. The number of furan rings is 1. The van der Waals surface area contributed by atoms with E-state index in [9.17, 15) is 4.79 Å². The molecule has 1 unspecified atom stereocenters. The normalized spacial score (nSPS) is 13.1. The summed E-state index contributed by atoms with van der Waals surface area (Å²) >= 11 is 0. The topological polar surface area (TPSA) is 30.2 Å². The summed E-state index contributed by atoms with van der Waals surface area (Å²) in [5.74, 6) is 1.64. The Hall–Kier alpha value is -1.57. The highest BCUT2D eigenvalue weighted by molar-refractivity contribution is 5.97. The Balaban J connectivity index is 2.13. The van der Waals surface area contributed by atoms with Crippen LogP contribution < -0.4 is 0 Å². The van der Waals surface area contributed by atoms with Gasteiger partial charge in [0.05, 0.1) is 0 Å². The molecular weight excluding hydrogens is 236 g/mol. The summed E-state index contributed by atoms with van der Waals surface area (Å²) in [6.45, 7) is 8.54. The Morgan fingerprint density at radius 1 is 1.21 bits per heavy atom. The fourth-order valence-electron chi connectivity index (χ4n) is 2.61. The average Bonchev–Trinajstić information content (AvgIpc) is 2.70. The minimum Gasteiger partial charge on any atom is -0.453 e. The second-order valence-electron chi connectivity index (χ2n) is 6.01. The van der Waals surface area contributed by atoms with E-state index in [0.717, 1.165) is 17.4 Å². The van der Waals surface area contributed by atoms with E-state index in [0.29, 0.717) is 24.0 Å². The first-order valence-electron chi connectivity index (χ1n) is 6.99. The third kappa shape index (κ3) is 3.46. The van der Waals surface area contributed by atoms with E-state index in [2.05, 4.69) is 20.8 Å². The molecule has 0 radical (unpaired) electrons. The molecule has 0 saturated heterocycles. The van der Waals surface area contributed by atoms with Gasteiger partial charge in [-0.1, -0.05) is 32.4 Å². The highest BCUT2D eigenvalue weighted by atomic mass is 16.3. The molecule has 1 aromatic carbocycles. The van der Waals surface area contributed by atoms with E-state index in [1.807, 2.05) is 31.2 Å². The summed E-state index contributed by atoms with van der Waals surface area (Å²) in [5, 5.41) is 1.01. The summed E-state index contributed by atoms with van der Waals surface area (Å²) in [6.07, 6.45) is 1.64. The van der Waals surface area contributed by atoms with E-state index in [1.165, 1.54) is 5.56 Å². The zero-order valence-electron chi connectivity index (χ0n) is 12.2. The van der Waals surface area contributed by atoms with Gasteiger partial charge in [0.1, 0.15) is 5.58 Å². The molecule has 19 heavy (non-hydrogen) atoms. The molecule has 0 amide bonds. The zero-order valence-corrected chi connectivity index (χ0v) is 12.2. The van der Waals surface area contributed by atoms with Crippen molar-refractivity contribution in [2.24, 2.45) is 11.8 Å². The molecule has 0 N–H and O–H groups in total. The van der Waals surface area contributed by atoms with Crippen LogP contribution >= 0.6 is 0 Å². The van der Waals surface area contributed by atoms with Crippen LogP contribution in [0.15, 0.2) is 28.7 Å². The number of Topliss-reactive ketones (excluding diaryl/α,β-unsaturated/α-hetero) is 1. The Bertz CT molecular complexity index is 578. The molecule has 0 spiro atoms. The molecule has 0 aliphatic rings. The standard InChI is InChI=1S/C17H22O2/c1-11(2)7-13(4)9-15(18)17-10-14-8-12(3)5-6-16(14)19-17/h5-6,8,10-11,13H,7,9H2,1-4H3. The van der Waals surface area contributed by atoms with Crippen LogP contribution in [0.4, 0.5) is 0 Å². The summed E-state index contributed by atoms with van der Waals surface area (Å²) in [7, 11) is 0. The summed E-state index contributed by atoms with van der Waals surface area (Å²) in [4.78, 5) is 12.2. The molecule has 2 aromatic rings. The van der Waals surface area contributed by atoms with Crippen LogP contribution in [0.25, 0.3) is 11.0 Å². The van der Waals surface area contributed by atoms with Crippen molar-refractivity contribution in [1.82, 2.24) is 0 Å². The number of benzene rings is 1. The summed E-state index contributed by atoms with van der Waals surface area (Å²) < 4.78 is 5.64. The molecular formula is C17H22O2. The fourth-order valence-corrected chi connectivity index (χ4v) is 2.61. The molecule has 2 nitrogen and oxygen atoms in total. The van der Waals surface area contributed by atoms with Crippen LogP contribution in [-0.2, 0) is 0 Å². The monoisotopic (exact) mass is 258 g/mol. The van der Waals surface area contributed by atoms with Crippen molar-refractivity contribution in [2.45, 2.75) is 40.5 Å². The Kier molecular flexibility index (Phi) is 4.08. The number of hydrogen-bond donors (Lipinski definition) is 0. The first kappa shape index (κ1) is 13.9. The molecule has 0 bridgehead atoms. The highest BCUT2D eigenvalue weighted by Crippen LogP contribution is 2.23. The van der Waals surface area contributed by atoms with Gasteiger partial charge in [-0.05, 0) is 43.4 Å². The van der Waals surface area contributed by atoms with Gasteiger partial charge in [-0.2, -0.15) is 0 Å². The molecule has 0 fully saturated rings. The first-order valence-corrected chi connectivity index (χ1v) is 6.99. The second-order valence-corrected chi connectivity index (χ2v) is 6.01. The first-order chi connectivity index (χ1) is 8.95. The number of aryl methyl sites for hydroxylation is 1. The predicted octanol–water partition coefficient (Wildman–Crippen LogP) is 5.00. The number of hydrogen-bond acceptors (Lipinski definition) is 2. The second kappa shape index (κ2) is 5.60. The fraction of sp³-hybridized carbons (Fsp3) is 0.471. The quantitative estimate of drug-likeness (QED) is 0.707. The van der Waals surface area contributed by atoms with Gasteiger partial charge >= 0.3 is 0 Å². The van der Waals surface area contributed by atoms with Crippen molar-refractivity contribution in [3.8, 4) is 0 Å². The predicted molar refractivity (Wildman–Crippen MR) is 78.5 cm³/mol. The molecule has 0 aliphatic carbocycles. The number of fused-ring (bicyclic) bond motifs is 1. The van der Waals surface area contributed by atoms with Gasteiger partial charge in [-0.25, -0.2) is 0 Å². The maximum Gasteiger partial charge on any atom is 0.198 e. The van der Waals surface area contributed by atoms with E-state index >= 15 is 0 Å². The molecule has 102 valence electrons. The van der Waals surface area contributed by atoms with Crippen molar-refractivity contribution in [3.63, 3.8) is 0 Å². The van der Waals surface area contributed by atoms with E-state index in [1.54, 1.807) is 0 Å². The maximum atomic E-state index is 12.2. The van der Waals surface area contributed by atoms with Crippen molar-refractivity contribution in [1.29, 1.82) is 0 Å². The van der Waals surface area contributed by atoms with Crippen LogP contribution in [0.3, 0.4) is 0 Å². The maximum absolute atomic E-state index is 12.2. The van der Waals surface area contributed by atoms with E-state index < -0.39 is 0 Å². The van der Waals surface area contributed by atoms with Gasteiger partial charge in [-0.3, -0.25) is 4.79 Å². The minimum absolute atomic E-state index is 0.113. The molecule has 2 rings (SSSR count). The molecule has 1 atom stereocenters. The van der Waals surface area contributed by atoms with Gasteiger partial charge in [0.2, 0.25) is 0 Å². The zero-order chi connectivity index (χ0) is 14.0. The molecule has 1 heterocycles. The Morgan fingerprint density at radius 2 is 1.95 bits per heavy atom. The third-order valence-corrected chi connectivity index (χ3v) is 3.35. The lowest BCUT2D eigenvalue weighted by atomic mass is 9.94. The van der Waals surface area contributed by atoms with Crippen LogP contribution in [0, 0.1) is 18.8 Å². The average molecular weight is 258 g/mol. The Labute approximate surface area is 114 Å². The van der Waals surface area contributed by atoms with Gasteiger partial charge < -0.3 is 4.42 Å². The number of carbonyl (C=O) groups is 1. The lowest BCUT2D eigenvalue weighted by molar-refractivity contribution is 0.0935. The number of rotatable bonds is 5. The van der Waals surface area contributed by atoms with Crippen LogP contribution in [0.5, 0.6) is 0 Å². The van der Waals surface area contributed by atoms with Gasteiger partial charge in [0.15, 0.2) is 11.5 Å². The number of ketones is 1. The molecule has 2 heteroatoms. The van der Waals surface area contributed by atoms with Gasteiger partial charge in [0, 0.05) is 11.8 Å². The van der Waals surface area contributed by atoms with Crippen molar-refractivity contribution in [2.75, 3.05) is 0 Å². The van der Waals surface area contributed by atoms with E-state index in [-0.39, 0.29) is 5.78 Å². The van der Waals surface area contributed by atoms with Crippen molar-refractivity contribution >= 4 is 16.8 Å².